The standard InChI is InChI=1S/C15H22ClNO2S/c1-11-7-8-14(17-2)15(9-11)20(18,19)10-12-5-3-4-6-13(12)16/h3-6,11,14-15,17H,7-10H2,1-2H3. The Balaban J connectivity index is 2.22. The molecule has 2 rings (SSSR count). The van der Waals surface area contributed by atoms with Gasteiger partial charge in [-0.25, -0.2) is 8.42 Å². The lowest BCUT2D eigenvalue weighted by Crippen LogP contribution is -2.46. The minimum atomic E-state index is -3.20. The zero-order chi connectivity index (χ0) is 14.8. The maximum absolute atomic E-state index is 12.7. The molecule has 0 aliphatic heterocycles. The predicted octanol–water partition coefficient (Wildman–Crippen LogP) is 3.03. The smallest absolute Gasteiger partial charge is 0.158 e. The largest absolute Gasteiger partial charge is 0.316 e. The molecule has 1 aromatic rings. The predicted molar refractivity (Wildman–Crippen MR) is 83.7 cm³/mol. The van der Waals surface area contributed by atoms with Gasteiger partial charge in [-0.05, 0) is 43.9 Å². The minimum absolute atomic E-state index is 0.0300. The molecule has 1 saturated carbocycles. The molecule has 3 atom stereocenters. The molecule has 0 amide bonds. The Kier molecular flexibility index (Phi) is 5.10. The number of hydrogen-bond acceptors (Lipinski definition) is 3. The summed E-state index contributed by atoms with van der Waals surface area (Å²) >= 11 is 6.09. The van der Waals surface area contributed by atoms with E-state index in [1.54, 1.807) is 12.1 Å². The van der Waals surface area contributed by atoms with Gasteiger partial charge in [0, 0.05) is 11.1 Å². The molecule has 0 heterocycles. The normalized spacial score (nSPS) is 27.4. The molecule has 1 aromatic carbocycles. The van der Waals surface area contributed by atoms with Crippen molar-refractivity contribution in [3.8, 4) is 0 Å². The first-order chi connectivity index (χ1) is 9.44. The van der Waals surface area contributed by atoms with Crippen LogP contribution in [-0.4, -0.2) is 26.8 Å². The summed E-state index contributed by atoms with van der Waals surface area (Å²) in [4.78, 5) is 0. The average molecular weight is 316 g/mol. The maximum Gasteiger partial charge on any atom is 0.158 e. The van der Waals surface area contributed by atoms with Crippen molar-refractivity contribution in [1.82, 2.24) is 5.32 Å². The highest BCUT2D eigenvalue weighted by Crippen LogP contribution is 2.31. The van der Waals surface area contributed by atoms with Gasteiger partial charge < -0.3 is 5.32 Å². The highest BCUT2D eigenvalue weighted by atomic mass is 35.5. The zero-order valence-electron chi connectivity index (χ0n) is 12.0. The lowest BCUT2D eigenvalue weighted by Gasteiger charge is -2.34. The van der Waals surface area contributed by atoms with Crippen LogP contribution >= 0.6 is 11.6 Å². The topological polar surface area (TPSA) is 46.2 Å². The molecule has 5 heteroatoms. The average Bonchev–Trinajstić information content (AvgIpc) is 2.41. The van der Waals surface area contributed by atoms with Gasteiger partial charge >= 0.3 is 0 Å². The molecule has 1 aliphatic rings. The molecular weight excluding hydrogens is 294 g/mol. The molecule has 1 N–H and O–H groups in total. The quantitative estimate of drug-likeness (QED) is 0.929. The Morgan fingerprint density at radius 3 is 2.65 bits per heavy atom. The Morgan fingerprint density at radius 1 is 1.30 bits per heavy atom. The summed E-state index contributed by atoms with van der Waals surface area (Å²) < 4.78 is 25.4. The van der Waals surface area contributed by atoms with Gasteiger partial charge in [-0.3, -0.25) is 0 Å². The van der Waals surface area contributed by atoms with Crippen molar-refractivity contribution in [1.29, 1.82) is 0 Å². The van der Waals surface area contributed by atoms with E-state index in [4.69, 9.17) is 11.6 Å². The molecule has 0 spiro atoms. The summed E-state index contributed by atoms with van der Waals surface area (Å²) in [5.74, 6) is 0.494. The van der Waals surface area contributed by atoms with Crippen LogP contribution in [0.25, 0.3) is 0 Å². The summed E-state index contributed by atoms with van der Waals surface area (Å²) in [5.41, 5.74) is 0.697. The first-order valence-electron chi connectivity index (χ1n) is 7.06. The SMILES string of the molecule is CNC1CCC(C)CC1S(=O)(=O)Cc1ccccc1Cl. The summed E-state index contributed by atoms with van der Waals surface area (Å²) in [7, 11) is -1.35. The molecular formula is C15H22ClNO2S. The number of rotatable bonds is 4. The molecule has 0 aromatic heterocycles. The van der Waals surface area contributed by atoms with Gasteiger partial charge in [0.25, 0.3) is 0 Å². The van der Waals surface area contributed by atoms with Gasteiger partial charge in [-0.1, -0.05) is 36.7 Å². The third-order valence-corrected chi connectivity index (χ3v) is 6.73. The van der Waals surface area contributed by atoms with Gasteiger partial charge in [-0.2, -0.15) is 0 Å². The van der Waals surface area contributed by atoms with Gasteiger partial charge in [0.1, 0.15) is 0 Å². The lowest BCUT2D eigenvalue weighted by atomic mass is 9.87. The van der Waals surface area contributed by atoms with Crippen molar-refractivity contribution >= 4 is 21.4 Å². The van der Waals surface area contributed by atoms with Crippen molar-refractivity contribution < 1.29 is 8.42 Å². The van der Waals surface area contributed by atoms with Crippen LogP contribution in [0.2, 0.25) is 5.02 Å². The van der Waals surface area contributed by atoms with Crippen LogP contribution in [0.4, 0.5) is 0 Å². The van der Waals surface area contributed by atoms with Gasteiger partial charge in [0.2, 0.25) is 0 Å². The molecule has 0 bridgehead atoms. The molecule has 3 nitrogen and oxygen atoms in total. The lowest BCUT2D eigenvalue weighted by molar-refractivity contribution is 0.319. The Labute approximate surface area is 126 Å². The monoisotopic (exact) mass is 315 g/mol. The Morgan fingerprint density at radius 2 is 2.00 bits per heavy atom. The first-order valence-corrected chi connectivity index (χ1v) is 9.15. The third-order valence-electron chi connectivity index (χ3n) is 4.20. The second-order valence-corrected chi connectivity index (χ2v) is 8.38. The molecule has 1 fully saturated rings. The minimum Gasteiger partial charge on any atom is -0.316 e. The number of benzene rings is 1. The van der Waals surface area contributed by atoms with Gasteiger partial charge in [-0.15, -0.1) is 0 Å². The van der Waals surface area contributed by atoms with E-state index >= 15 is 0 Å². The molecule has 0 radical (unpaired) electrons. The van der Waals surface area contributed by atoms with Crippen molar-refractivity contribution in [2.45, 2.75) is 43.2 Å². The first kappa shape index (κ1) is 15.8. The van der Waals surface area contributed by atoms with Gasteiger partial charge in [0.05, 0.1) is 11.0 Å². The zero-order valence-corrected chi connectivity index (χ0v) is 13.5. The molecule has 20 heavy (non-hydrogen) atoms. The number of sulfone groups is 1. The van der Waals surface area contributed by atoms with Crippen molar-refractivity contribution in [3.05, 3.63) is 34.9 Å². The third kappa shape index (κ3) is 3.54. The number of hydrogen-bond donors (Lipinski definition) is 1. The van der Waals surface area contributed by atoms with E-state index in [0.717, 1.165) is 19.3 Å². The second kappa shape index (κ2) is 6.46. The summed E-state index contributed by atoms with van der Waals surface area (Å²) in [6, 6.07) is 7.23. The van der Waals surface area contributed by atoms with Crippen molar-refractivity contribution in [2.75, 3.05) is 7.05 Å². The van der Waals surface area contributed by atoms with Crippen molar-refractivity contribution in [3.63, 3.8) is 0 Å². The summed E-state index contributed by atoms with van der Waals surface area (Å²) in [6.07, 6.45) is 2.74. The van der Waals surface area contributed by atoms with E-state index in [9.17, 15) is 8.42 Å². The second-order valence-electron chi connectivity index (χ2n) is 5.75. The fraction of sp³-hybridized carbons (Fsp3) is 0.600. The van der Waals surface area contributed by atoms with E-state index in [1.807, 2.05) is 19.2 Å². The summed E-state index contributed by atoms with van der Waals surface area (Å²) in [5, 5.41) is 3.39. The molecule has 112 valence electrons. The van der Waals surface area contributed by atoms with E-state index < -0.39 is 9.84 Å². The van der Waals surface area contributed by atoms with E-state index in [0.29, 0.717) is 16.5 Å². The van der Waals surface area contributed by atoms with Crippen LogP contribution in [0.1, 0.15) is 31.7 Å². The highest BCUT2D eigenvalue weighted by Gasteiger charge is 2.37. The van der Waals surface area contributed by atoms with E-state index in [1.165, 1.54) is 0 Å². The number of nitrogens with one attached hydrogen (secondary N) is 1. The van der Waals surface area contributed by atoms with Crippen LogP contribution in [0, 0.1) is 5.92 Å². The van der Waals surface area contributed by atoms with Crippen LogP contribution < -0.4 is 5.32 Å². The van der Waals surface area contributed by atoms with Crippen LogP contribution in [-0.2, 0) is 15.6 Å². The van der Waals surface area contributed by atoms with Crippen LogP contribution in [0.3, 0.4) is 0 Å². The fourth-order valence-electron chi connectivity index (χ4n) is 3.00. The Bertz CT molecular complexity index is 559. The maximum atomic E-state index is 12.7. The van der Waals surface area contributed by atoms with E-state index in [-0.39, 0.29) is 17.0 Å². The fourth-order valence-corrected chi connectivity index (χ4v) is 5.57. The molecule has 0 saturated heterocycles. The van der Waals surface area contributed by atoms with E-state index in [2.05, 4.69) is 12.2 Å². The van der Waals surface area contributed by atoms with Crippen molar-refractivity contribution in [2.24, 2.45) is 5.92 Å². The van der Waals surface area contributed by atoms with Gasteiger partial charge in [0.15, 0.2) is 9.84 Å². The molecule has 3 unspecified atom stereocenters. The highest BCUT2D eigenvalue weighted by molar-refractivity contribution is 7.91. The molecule has 1 aliphatic carbocycles. The summed E-state index contributed by atoms with van der Waals surface area (Å²) in [6.45, 7) is 2.13. The number of halogens is 1. The van der Waals surface area contributed by atoms with Crippen LogP contribution in [0.15, 0.2) is 24.3 Å². The Hall–Kier alpha value is -0.580. The van der Waals surface area contributed by atoms with Crippen LogP contribution in [0.5, 0.6) is 0 Å².